The molecule has 10 nitrogen and oxygen atoms in total. The minimum atomic E-state index is -0.522. The van der Waals surface area contributed by atoms with Crippen LogP contribution in [0.1, 0.15) is 28.6 Å². The average molecular weight is 423 g/mol. The molecule has 1 aliphatic rings. The van der Waals surface area contributed by atoms with Gasteiger partial charge in [-0.3, -0.25) is 19.7 Å². The molecule has 1 unspecified atom stereocenters. The highest BCUT2D eigenvalue weighted by Crippen LogP contribution is 2.21. The first-order chi connectivity index (χ1) is 13.5. The number of non-ortho nitro benzene ring substituents is 1. The minimum Gasteiger partial charge on any atom is -0.352 e. The summed E-state index contributed by atoms with van der Waals surface area (Å²) in [6.07, 6.45) is 3.72. The molecule has 1 aromatic heterocycles. The Kier molecular flexibility index (Phi) is 7.68. The van der Waals surface area contributed by atoms with E-state index in [2.05, 4.69) is 15.6 Å². The molecule has 2 heterocycles. The molecule has 1 atom stereocenters. The number of aryl methyl sites for hydroxylation is 1. The predicted octanol–water partition coefficient (Wildman–Crippen LogP) is 1.04. The van der Waals surface area contributed by atoms with Crippen molar-refractivity contribution in [1.82, 2.24) is 25.1 Å². The topological polar surface area (TPSA) is 122 Å². The van der Waals surface area contributed by atoms with Crippen LogP contribution in [0, 0.1) is 10.1 Å². The molecule has 1 saturated heterocycles. The highest BCUT2D eigenvalue weighted by atomic mass is 35.5. The van der Waals surface area contributed by atoms with E-state index >= 15 is 0 Å². The number of nitro benzene ring substituents is 1. The Morgan fingerprint density at radius 2 is 2.07 bits per heavy atom. The number of carbonyl (C=O) groups excluding carboxylic acids is 2. The Morgan fingerprint density at radius 1 is 1.34 bits per heavy atom. The van der Waals surface area contributed by atoms with Gasteiger partial charge in [-0.2, -0.15) is 0 Å². The number of aromatic nitrogens is 2. The third kappa shape index (κ3) is 5.30. The van der Waals surface area contributed by atoms with Gasteiger partial charge in [-0.15, -0.1) is 12.4 Å². The number of hydrogen-bond donors (Lipinski definition) is 2. The SMILES string of the molecule is Cl.Cn1ccnc1C1CNCCN1C(=O)CCNC(=O)c1ccc([N+](=O)[O-])cc1. The molecule has 0 bridgehead atoms. The average Bonchev–Trinajstić information content (AvgIpc) is 3.13. The van der Waals surface area contributed by atoms with Crippen molar-refractivity contribution in [2.45, 2.75) is 12.5 Å². The van der Waals surface area contributed by atoms with Gasteiger partial charge in [0.15, 0.2) is 0 Å². The Balaban J connectivity index is 0.00000300. The summed E-state index contributed by atoms with van der Waals surface area (Å²) in [4.78, 5) is 41.1. The van der Waals surface area contributed by atoms with Crippen molar-refractivity contribution in [1.29, 1.82) is 0 Å². The second-order valence-electron chi connectivity index (χ2n) is 6.51. The molecule has 0 spiro atoms. The maximum atomic E-state index is 12.7. The smallest absolute Gasteiger partial charge is 0.269 e. The van der Waals surface area contributed by atoms with Crippen LogP contribution in [-0.2, 0) is 11.8 Å². The van der Waals surface area contributed by atoms with Crippen LogP contribution in [0.25, 0.3) is 0 Å². The van der Waals surface area contributed by atoms with E-state index in [1.54, 1.807) is 11.1 Å². The molecule has 0 radical (unpaired) electrons. The summed E-state index contributed by atoms with van der Waals surface area (Å²) in [5, 5.41) is 16.6. The first-order valence-corrected chi connectivity index (χ1v) is 8.97. The van der Waals surface area contributed by atoms with Gasteiger partial charge >= 0.3 is 0 Å². The highest BCUT2D eigenvalue weighted by Gasteiger charge is 2.30. The third-order valence-corrected chi connectivity index (χ3v) is 4.68. The van der Waals surface area contributed by atoms with Crippen LogP contribution >= 0.6 is 12.4 Å². The van der Waals surface area contributed by atoms with Gasteiger partial charge in [-0.05, 0) is 12.1 Å². The lowest BCUT2D eigenvalue weighted by molar-refractivity contribution is -0.384. The van der Waals surface area contributed by atoms with Gasteiger partial charge < -0.3 is 20.1 Å². The Hall–Kier alpha value is -2.98. The fraction of sp³-hybridized carbons (Fsp3) is 0.389. The third-order valence-electron chi connectivity index (χ3n) is 4.68. The first-order valence-electron chi connectivity index (χ1n) is 8.97. The van der Waals surface area contributed by atoms with Crippen LogP contribution in [0.3, 0.4) is 0 Å². The van der Waals surface area contributed by atoms with E-state index in [4.69, 9.17) is 0 Å². The van der Waals surface area contributed by atoms with Crippen LogP contribution in [0.15, 0.2) is 36.7 Å². The molecule has 2 N–H and O–H groups in total. The van der Waals surface area contributed by atoms with Gasteiger partial charge in [0.25, 0.3) is 11.6 Å². The van der Waals surface area contributed by atoms with Crippen molar-refractivity contribution in [3.05, 3.63) is 58.2 Å². The lowest BCUT2D eigenvalue weighted by atomic mass is 10.1. The van der Waals surface area contributed by atoms with Gasteiger partial charge in [-0.1, -0.05) is 0 Å². The molecule has 3 rings (SSSR count). The number of rotatable bonds is 6. The van der Waals surface area contributed by atoms with Crippen molar-refractivity contribution < 1.29 is 14.5 Å². The Morgan fingerprint density at radius 3 is 2.69 bits per heavy atom. The lowest BCUT2D eigenvalue weighted by Crippen LogP contribution is -2.50. The molecular formula is C18H23ClN6O4. The Labute approximate surface area is 173 Å². The minimum absolute atomic E-state index is 0. The summed E-state index contributed by atoms with van der Waals surface area (Å²) < 4.78 is 1.90. The molecule has 1 fully saturated rings. The van der Waals surface area contributed by atoms with Crippen LogP contribution in [0.5, 0.6) is 0 Å². The predicted molar refractivity (Wildman–Crippen MR) is 108 cm³/mol. The van der Waals surface area contributed by atoms with Crippen molar-refractivity contribution in [2.24, 2.45) is 7.05 Å². The number of imidazole rings is 1. The lowest BCUT2D eigenvalue weighted by Gasteiger charge is -2.35. The molecule has 2 aromatic rings. The summed E-state index contributed by atoms with van der Waals surface area (Å²) >= 11 is 0. The van der Waals surface area contributed by atoms with Crippen LogP contribution in [-0.4, -0.2) is 57.4 Å². The van der Waals surface area contributed by atoms with E-state index in [0.29, 0.717) is 25.2 Å². The normalized spacial score (nSPS) is 16.0. The number of benzene rings is 1. The maximum Gasteiger partial charge on any atom is 0.269 e. The Bertz CT molecular complexity index is 869. The highest BCUT2D eigenvalue weighted by molar-refractivity contribution is 5.94. The van der Waals surface area contributed by atoms with Gasteiger partial charge in [0, 0.05) is 69.7 Å². The van der Waals surface area contributed by atoms with Gasteiger partial charge in [0.05, 0.1) is 4.92 Å². The second-order valence-corrected chi connectivity index (χ2v) is 6.51. The zero-order valence-electron chi connectivity index (χ0n) is 15.9. The molecule has 1 aliphatic heterocycles. The van der Waals surface area contributed by atoms with E-state index < -0.39 is 4.92 Å². The number of piperazine rings is 1. The van der Waals surface area contributed by atoms with Crippen LogP contribution < -0.4 is 10.6 Å². The van der Waals surface area contributed by atoms with Crippen LogP contribution in [0.2, 0.25) is 0 Å². The molecule has 156 valence electrons. The summed E-state index contributed by atoms with van der Waals surface area (Å²) in [5.41, 5.74) is 0.233. The zero-order valence-corrected chi connectivity index (χ0v) is 16.7. The fourth-order valence-corrected chi connectivity index (χ4v) is 3.19. The van der Waals surface area contributed by atoms with Gasteiger partial charge in [-0.25, -0.2) is 4.98 Å². The second kappa shape index (κ2) is 9.99. The number of hydrogen-bond acceptors (Lipinski definition) is 6. The number of nitrogens with one attached hydrogen (secondary N) is 2. The summed E-state index contributed by atoms with van der Waals surface area (Å²) in [7, 11) is 1.89. The summed E-state index contributed by atoms with van der Waals surface area (Å²) in [6, 6.07) is 5.19. The number of nitrogens with zero attached hydrogens (tertiary/aromatic N) is 4. The monoisotopic (exact) mass is 422 g/mol. The van der Waals surface area contributed by atoms with Crippen LogP contribution in [0.4, 0.5) is 5.69 Å². The fourth-order valence-electron chi connectivity index (χ4n) is 3.19. The molecule has 0 aliphatic carbocycles. The number of nitro groups is 1. The van der Waals surface area contributed by atoms with Crippen molar-refractivity contribution >= 4 is 29.9 Å². The summed E-state index contributed by atoms with van der Waals surface area (Å²) in [5.74, 6) is 0.387. The van der Waals surface area contributed by atoms with E-state index in [-0.39, 0.29) is 48.9 Å². The maximum absolute atomic E-state index is 12.7. The van der Waals surface area contributed by atoms with Crippen molar-refractivity contribution in [3.63, 3.8) is 0 Å². The standard InChI is InChI=1S/C18H22N6O4.ClH/c1-22-10-9-20-17(22)15-12-19-8-11-23(15)16(25)6-7-21-18(26)13-2-4-14(5-3-13)24(27)28;/h2-5,9-10,15,19H,6-8,11-12H2,1H3,(H,21,26);1H. The first kappa shape index (κ1) is 22.3. The van der Waals surface area contributed by atoms with E-state index in [1.807, 2.05) is 17.8 Å². The molecule has 1 aromatic carbocycles. The van der Waals surface area contributed by atoms with Crippen molar-refractivity contribution in [2.75, 3.05) is 26.2 Å². The number of halogens is 1. The molecule has 29 heavy (non-hydrogen) atoms. The largest absolute Gasteiger partial charge is 0.352 e. The molecule has 2 amide bonds. The number of carbonyl (C=O) groups is 2. The number of amides is 2. The summed E-state index contributed by atoms with van der Waals surface area (Å²) in [6.45, 7) is 2.10. The van der Waals surface area contributed by atoms with Gasteiger partial charge in [0.2, 0.25) is 5.91 Å². The molecular weight excluding hydrogens is 400 g/mol. The molecule has 11 heteroatoms. The molecule has 0 saturated carbocycles. The van der Waals surface area contributed by atoms with E-state index in [0.717, 1.165) is 5.82 Å². The van der Waals surface area contributed by atoms with Crippen molar-refractivity contribution in [3.8, 4) is 0 Å². The van der Waals surface area contributed by atoms with E-state index in [9.17, 15) is 19.7 Å². The quantitative estimate of drug-likeness (QED) is 0.529. The zero-order chi connectivity index (χ0) is 20.1. The van der Waals surface area contributed by atoms with E-state index in [1.165, 1.54) is 24.3 Å². The van der Waals surface area contributed by atoms with Gasteiger partial charge in [0.1, 0.15) is 11.9 Å².